The molecule has 2 aliphatic heterocycles. The summed E-state index contributed by atoms with van der Waals surface area (Å²) < 4.78 is 87.1. The Morgan fingerprint density at radius 2 is 1.83 bits per heavy atom. The predicted molar refractivity (Wildman–Crippen MR) is 162 cm³/mol. The van der Waals surface area contributed by atoms with Gasteiger partial charge in [0.15, 0.2) is 11.6 Å². The second kappa shape index (κ2) is 13.5. The third kappa shape index (κ3) is 7.00. The molecule has 242 valence electrons. The normalized spacial score (nSPS) is 15.2. The number of hydrogen-bond acceptors (Lipinski definition) is 7. The average Bonchev–Trinajstić information content (AvgIpc) is 3.48. The molecule has 6 rings (SSSR count). The summed E-state index contributed by atoms with van der Waals surface area (Å²) in [6, 6.07) is 12.8. The molecule has 0 amide bonds. The number of hydrazone groups is 1. The van der Waals surface area contributed by atoms with E-state index in [9.17, 15) is 22.0 Å². The number of ether oxygens (including phenoxy) is 3. The Morgan fingerprint density at radius 1 is 1.00 bits per heavy atom. The van der Waals surface area contributed by atoms with Gasteiger partial charge in [0.05, 0.1) is 68.7 Å². The van der Waals surface area contributed by atoms with Gasteiger partial charge in [-0.1, -0.05) is 24.3 Å². The molecule has 0 bridgehead atoms. The van der Waals surface area contributed by atoms with Crippen LogP contribution in [0.25, 0.3) is 22.5 Å². The van der Waals surface area contributed by atoms with E-state index in [1.807, 2.05) is 0 Å². The molecule has 4 aromatic rings. The van der Waals surface area contributed by atoms with Crippen LogP contribution in [0, 0.1) is 11.6 Å². The van der Waals surface area contributed by atoms with Crippen LogP contribution in [-0.4, -0.2) is 72.7 Å². The fourth-order valence-electron chi connectivity index (χ4n) is 5.53. The minimum atomic E-state index is -4.60. The van der Waals surface area contributed by atoms with E-state index in [4.69, 9.17) is 14.2 Å². The topological polar surface area (TPSA) is 75.2 Å². The highest BCUT2D eigenvalue weighted by atomic mass is 19.4. The number of methoxy groups -OCH3 is 1. The Morgan fingerprint density at radius 3 is 2.61 bits per heavy atom. The Kier molecular flexibility index (Phi) is 9.22. The van der Waals surface area contributed by atoms with E-state index in [1.54, 1.807) is 29.4 Å². The van der Waals surface area contributed by atoms with Crippen molar-refractivity contribution in [1.29, 1.82) is 0 Å². The van der Waals surface area contributed by atoms with Crippen molar-refractivity contribution in [3.8, 4) is 34.0 Å². The van der Waals surface area contributed by atoms with Gasteiger partial charge in [-0.05, 0) is 47.9 Å². The minimum Gasteiger partial charge on any atom is -0.497 e. The van der Waals surface area contributed by atoms with Crippen molar-refractivity contribution in [2.75, 3.05) is 46.6 Å². The lowest BCUT2D eigenvalue weighted by Gasteiger charge is -2.26. The SMILES string of the molecule is COc1ccc(-c2ccc(CN3Cc4nc(-c5cccc(F)c5F)[nH]c4C=N3)c(OCCCN3CCOCC3)c2)c(C(F)(F)F)c1. The average molecular weight is 642 g/mol. The number of hydrogen-bond donors (Lipinski definition) is 1. The first-order chi connectivity index (χ1) is 22.2. The van der Waals surface area contributed by atoms with E-state index in [2.05, 4.69) is 20.0 Å². The third-order valence-electron chi connectivity index (χ3n) is 7.94. The zero-order valence-electron chi connectivity index (χ0n) is 25.0. The number of H-pyrrole nitrogens is 1. The third-order valence-corrected chi connectivity index (χ3v) is 7.94. The molecule has 1 aromatic heterocycles. The summed E-state index contributed by atoms with van der Waals surface area (Å²) >= 11 is 0. The lowest BCUT2D eigenvalue weighted by Crippen LogP contribution is -2.37. The summed E-state index contributed by atoms with van der Waals surface area (Å²) in [7, 11) is 1.32. The van der Waals surface area contributed by atoms with Crippen LogP contribution < -0.4 is 9.47 Å². The first-order valence-electron chi connectivity index (χ1n) is 14.8. The van der Waals surface area contributed by atoms with Gasteiger partial charge in [-0.25, -0.2) is 13.8 Å². The number of alkyl halides is 3. The number of imidazole rings is 1. The maximum absolute atomic E-state index is 14.4. The number of aromatic amines is 1. The van der Waals surface area contributed by atoms with Crippen LogP contribution in [0.1, 0.15) is 28.9 Å². The summed E-state index contributed by atoms with van der Waals surface area (Å²) in [6.07, 6.45) is -2.33. The predicted octanol–water partition coefficient (Wildman–Crippen LogP) is 6.50. The second-order valence-electron chi connectivity index (χ2n) is 11.0. The summed E-state index contributed by atoms with van der Waals surface area (Å²) in [5, 5.41) is 6.21. The number of nitrogens with one attached hydrogen (secondary N) is 1. The van der Waals surface area contributed by atoms with Crippen molar-refractivity contribution in [2.45, 2.75) is 25.7 Å². The van der Waals surface area contributed by atoms with Crippen molar-refractivity contribution in [3.63, 3.8) is 0 Å². The van der Waals surface area contributed by atoms with Gasteiger partial charge in [-0.3, -0.25) is 9.91 Å². The number of morpholine rings is 1. The molecule has 0 aliphatic carbocycles. The standard InChI is InChI=1S/C33H32F5N5O3/c1-44-23-8-9-24(26(17-23)33(36,37)38)21-6-7-22(30(16-21)46-13-3-10-42-11-14-45-15-12-42)19-43-20-29-28(18-39-43)40-32(41-29)25-4-2-5-27(34)31(25)35/h2,4-9,16-18H,3,10-15,19-20H2,1H3,(H,40,41). The van der Waals surface area contributed by atoms with Crippen molar-refractivity contribution in [1.82, 2.24) is 19.9 Å². The number of benzene rings is 3. The number of nitrogens with zero attached hydrogens (tertiary/aromatic N) is 4. The Hall–Kier alpha value is -4.49. The molecule has 2 aliphatic rings. The highest BCUT2D eigenvalue weighted by molar-refractivity contribution is 5.81. The van der Waals surface area contributed by atoms with Gasteiger partial charge in [-0.15, -0.1) is 0 Å². The van der Waals surface area contributed by atoms with E-state index in [0.717, 1.165) is 38.2 Å². The number of fused-ring (bicyclic) bond motifs is 1. The van der Waals surface area contributed by atoms with Gasteiger partial charge in [0.25, 0.3) is 0 Å². The molecule has 8 nitrogen and oxygen atoms in total. The van der Waals surface area contributed by atoms with Gasteiger partial charge in [0.1, 0.15) is 17.3 Å². The monoisotopic (exact) mass is 641 g/mol. The molecule has 1 saturated heterocycles. The van der Waals surface area contributed by atoms with Gasteiger partial charge in [-0.2, -0.15) is 18.3 Å². The molecule has 3 aromatic carbocycles. The van der Waals surface area contributed by atoms with E-state index in [0.29, 0.717) is 48.1 Å². The zero-order chi connectivity index (χ0) is 32.3. The lowest BCUT2D eigenvalue weighted by atomic mass is 9.97. The summed E-state index contributed by atoms with van der Waals surface area (Å²) in [5.74, 6) is -1.24. The molecule has 3 heterocycles. The summed E-state index contributed by atoms with van der Waals surface area (Å²) in [4.78, 5) is 9.76. The molecule has 0 spiro atoms. The minimum absolute atomic E-state index is 0.00675. The number of halogens is 5. The number of rotatable bonds is 10. The maximum Gasteiger partial charge on any atom is 0.417 e. The van der Waals surface area contributed by atoms with Crippen LogP contribution in [0.3, 0.4) is 0 Å². The molecular formula is C33H32F5N5O3. The van der Waals surface area contributed by atoms with Gasteiger partial charge < -0.3 is 19.2 Å². The van der Waals surface area contributed by atoms with E-state index < -0.39 is 23.4 Å². The highest BCUT2D eigenvalue weighted by Crippen LogP contribution is 2.40. The van der Waals surface area contributed by atoms with Crippen LogP contribution in [0.5, 0.6) is 11.5 Å². The highest BCUT2D eigenvalue weighted by Gasteiger charge is 2.34. The van der Waals surface area contributed by atoms with Crippen LogP contribution >= 0.6 is 0 Å². The summed E-state index contributed by atoms with van der Waals surface area (Å²) in [5.41, 5.74) is 1.43. The molecule has 1 fully saturated rings. The quantitative estimate of drug-likeness (QED) is 0.158. The van der Waals surface area contributed by atoms with Crippen LogP contribution in [0.4, 0.5) is 22.0 Å². The van der Waals surface area contributed by atoms with Gasteiger partial charge in [0.2, 0.25) is 0 Å². The molecule has 0 saturated carbocycles. The second-order valence-corrected chi connectivity index (χ2v) is 11.0. The fourth-order valence-corrected chi connectivity index (χ4v) is 5.53. The molecule has 0 unspecified atom stereocenters. The largest absolute Gasteiger partial charge is 0.497 e. The van der Waals surface area contributed by atoms with E-state index >= 15 is 0 Å². The Labute approximate surface area is 262 Å². The van der Waals surface area contributed by atoms with Crippen molar-refractivity contribution in [2.24, 2.45) is 5.10 Å². The molecule has 0 radical (unpaired) electrons. The molecule has 1 N–H and O–H groups in total. The molecule has 13 heteroatoms. The summed E-state index contributed by atoms with van der Waals surface area (Å²) in [6.45, 7) is 4.74. The first kappa shape index (κ1) is 31.5. The smallest absolute Gasteiger partial charge is 0.417 e. The Balaban J connectivity index is 1.24. The van der Waals surface area contributed by atoms with Crippen LogP contribution in [-0.2, 0) is 24.0 Å². The van der Waals surface area contributed by atoms with E-state index in [-0.39, 0.29) is 35.8 Å². The zero-order valence-corrected chi connectivity index (χ0v) is 25.0. The van der Waals surface area contributed by atoms with Gasteiger partial charge in [0, 0.05) is 25.2 Å². The van der Waals surface area contributed by atoms with Crippen LogP contribution in [0.2, 0.25) is 0 Å². The van der Waals surface area contributed by atoms with Crippen molar-refractivity contribution >= 4 is 6.21 Å². The van der Waals surface area contributed by atoms with Gasteiger partial charge >= 0.3 is 6.18 Å². The number of aromatic nitrogens is 2. The lowest BCUT2D eigenvalue weighted by molar-refractivity contribution is -0.137. The maximum atomic E-state index is 14.4. The molecule has 46 heavy (non-hydrogen) atoms. The molecule has 0 atom stereocenters. The Bertz CT molecular complexity index is 1720. The fraction of sp³-hybridized carbons (Fsp3) is 0.333. The van der Waals surface area contributed by atoms with E-state index in [1.165, 1.54) is 31.4 Å². The molecular weight excluding hydrogens is 609 g/mol. The first-order valence-corrected chi connectivity index (χ1v) is 14.8. The van der Waals surface area contributed by atoms with Crippen molar-refractivity contribution in [3.05, 3.63) is 88.7 Å². The van der Waals surface area contributed by atoms with Crippen LogP contribution in [0.15, 0.2) is 59.7 Å². The van der Waals surface area contributed by atoms with Crippen molar-refractivity contribution < 1.29 is 36.2 Å².